The molecule has 2 rings (SSSR count). The van der Waals surface area contributed by atoms with Crippen LogP contribution in [0.15, 0.2) is 48.5 Å². The third-order valence-electron chi connectivity index (χ3n) is 2.57. The maximum absolute atomic E-state index is 11.6. The molecule has 0 bridgehead atoms. The highest BCUT2D eigenvalue weighted by Gasteiger charge is 2.05. The molecule has 2 aromatic rings. The SMILES string of the molecule is Nc1ccc(O)c(CNC(=O)Nc2ccccc2)c1. The molecule has 0 spiro atoms. The van der Waals surface area contributed by atoms with Gasteiger partial charge in [-0.3, -0.25) is 0 Å². The molecule has 0 saturated carbocycles. The quantitative estimate of drug-likeness (QED) is 0.502. The zero-order valence-corrected chi connectivity index (χ0v) is 10.3. The second-order valence-electron chi connectivity index (χ2n) is 4.06. The maximum Gasteiger partial charge on any atom is 0.319 e. The van der Waals surface area contributed by atoms with Gasteiger partial charge in [-0.2, -0.15) is 0 Å². The third-order valence-corrected chi connectivity index (χ3v) is 2.57. The lowest BCUT2D eigenvalue weighted by atomic mass is 10.2. The van der Waals surface area contributed by atoms with Crippen molar-refractivity contribution in [3.63, 3.8) is 0 Å². The van der Waals surface area contributed by atoms with Crippen LogP contribution in [0.5, 0.6) is 5.75 Å². The van der Waals surface area contributed by atoms with Crippen molar-refractivity contribution in [2.75, 3.05) is 11.1 Å². The number of carbonyl (C=O) groups is 1. The highest BCUT2D eigenvalue weighted by atomic mass is 16.3. The Bertz CT molecular complexity index is 570. The summed E-state index contributed by atoms with van der Waals surface area (Å²) in [7, 11) is 0. The molecule has 0 radical (unpaired) electrons. The molecule has 0 heterocycles. The number of nitrogens with two attached hydrogens (primary N) is 1. The molecular weight excluding hydrogens is 242 g/mol. The van der Waals surface area contributed by atoms with E-state index in [1.165, 1.54) is 6.07 Å². The van der Waals surface area contributed by atoms with Crippen molar-refractivity contribution in [2.24, 2.45) is 0 Å². The Morgan fingerprint density at radius 2 is 1.89 bits per heavy atom. The number of urea groups is 1. The van der Waals surface area contributed by atoms with E-state index in [4.69, 9.17) is 5.73 Å². The number of amides is 2. The van der Waals surface area contributed by atoms with Crippen LogP contribution in [0, 0.1) is 0 Å². The van der Waals surface area contributed by atoms with Crippen LogP contribution < -0.4 is 16.4 Å². The monoisotopic (exact) mass is 257 g/mol. The average molecular weight is 257 g/mol. The second-order valence-corrected chi connectivity index (χ2v) is 4.06. The number of nitrogens with one attached hydrogen (secondary N) is 2. The first kappa shape index (κ1) is 12.8. The highest BCUT2D eigenvalue weighted by Crippen LogP contribution is 2.19. The Morgan fingerprint density at radius 1 is 1.16 bits per heavy atom. The van der Waals surface area contributed by atoms with Crippen LogP contribution in [0.4, 0.5) is 16.2 Å². The van der Waals surface area contributed by atoms with E-state index < -0.39 is 0 Å². The number of nitrogen functional groups attached to an aromatic ring is 1. The van der Waals surface area contributed by atoms with Crippen LogP contribution in [0.3, 0.4) is 0 Å². The molecule has 5 nitrogen and oxygen atoms in total. The Kier molecular flexibility index (Phi) is 3.87. The van der Waals surface area contributed by atoms with Crippen molar-refractivity contribution >= 4 is 17.4 Å². The molecule has 0 aliphatic rings. The lowest BCUT2D eigenvalue weighted by Crippen LogP contribution is -2.28. The maximum atomic E-state index is 11.6. The molecule has 2 amide bonds. The van der Waals surface area contributed by atoms with Crippen molar-refractivity contribution in [3.05, 3.63) is 54.1 Å². The summed E-state index contributed by atoms with van der Waals surface area (Å²) in [5, 5.41) is 14.9. The zero-order chi connectivity index (χ0) is 13.7. The number of phenolic OH excluding ortho intramolecular Hbond substituents is 1. The molecule has 5 N–H and O–H groups in total. The summed E-state index contributed by atoms with van der Waals surface area (Å²) < 4.78 is 0. The predicted octanol–water partition coefficient (Wildman–Crippen LogP) is 2.30. The lowest BCUT2D eigenvalue weighted by Gasteiger charge is -2.09. The topological polar surface area (TPSA) is 87.4 Å². The number of anilines is 2. The minimum Gasteiger partial charge on any atom is -0.508 e. The van der Waals surface area contributed by atoms with Crippen LogP contribution in [0.25, 0.3) is 0 Å². The third kappa shape index (κ3) is 3.64. The van der Waals surface area contributed by atoms with Crippen LogP contribution in [-0.4, -0.2) is 11.1 Å². The van der Waals surface area contributed by atoms with Gasteiger partial charge in [0.1, 0.15) is 5.75 Å². The van der Waals surface area contributed by atoms with Crippen molar-refractivity contribution in [1.82, 2.24) is 5.32 Å². The number of hydrogen-bond acceptors (Lipinski definition) is 3. The molecule has 19 heavy (non-hydrogen) atoms. The Morgan fingerprint density at radius 3 is 2.63 bits per heavy atom. The minimum atomic E-state index is -0.340. The molecule has 5 heteroatoms. The number of benzene rings is 2. The molecule has 0 aromatic heterocycles. The van der Waals surface area contributed by atoms with Gasteiger partial charge in [-0.1, -0.05) is 18.2 Å². The first-order valence-corrected chi connectivity index (χ1v) is 5.82. The fourth-order valence-electron chi connectivity index (χ4n) is 1.62. The fraction of sp³-hybridized carbons (Fsp3) is 0.0714. The number of aromatic hydroxyl groups is 1. The van der Waals surface area contributed by atoms with Gasteiger partial charge in [0.15, 0.2) is 0 Å². The standard InChI is InChI=1S/C14H15N3O2/c15-11-6-7-13(18)10(8-11)9-16-14(19)17-12-4-2-1-3-5-12/h1-8,18H,9,15H2,(H2,16,17,19). The smallest absolute Gasteiger partial charge is 0.319 e. The molecule has 0 unspecified atom stereocenters. The summed E-state index contributed by atoms with van der Waals surface area (Å²) >= 11 is 0. The summed E-state index contributed by atoms with van der Waals surface area (Å²) in [6.07, 6.45) is 0. The fourth-order valence-corrected chi connectivity index (χ4v) is 1.62. The van der Waals surface area contributed by atoms with Crippen LogP contribution in [0.2, 0.25) is 0 Å². The summed E-state index contributed by atoms with van der Waals surface area (Å²) in [6, 6.07) is 13.5. The first-order chi connectivity index (χ1) is 9.15. The second kappa shape index (κ2) is 5.77. The van der Waals surface area contributed by atoms with E-state index in [-0.39, 0.29) is 18.3 Å². The Hall–Kier alpha value is -2.69. The van der Waals surface area contributed by atoms with Crippen molar-refractivity contribution in [3.8, 4) is 5.75 Å². The summed E-state index contributed by atoms with van der Waals surface area (Å²) in [4.78, 5) is 11.6. The molecule has 0 aliphatic carbocycles. The van der Waals surface area contributed by atoms with E-state index in [0.717, 1.165) is 0 Å². The molecule has 0 fully saturated rings. The van der Waals surface area contributed by atoms with Crippen LogP contribution >= 0.6 is 0 Å². The number of hydrogen-bond donors (Lipinski definition) is 4. The van der Waals surface area contributed by atoms with E-state index in [2.05, 4.69) is 10.6 Å². The van der Waals surface area contributed by atoms with Gasteiger partial charge in [0.25, 0.3) is 0 Å². The molecule has 0 saturated heterocycles. The molecule has 98 valence electrons. The van der Waals surface area contributed by atoms with Crippen LogP contribution in [-0.2, 0) is 6.54 Å². The van der Waals surface area contributed by atoms with E-state index in [0.29, 0.717) is 16.9 Å². The minimum absolute atomic E-state index is 0.106. The van der Waals surface area contributed by atoms with Crippen molar-refractivity contribution in [2.45, 2.75) is 6.54 Å². The number of phenols is 1. The normalized spacial score (nSPS) is 9.89. The van der Waals surface area contributed by atoms with Gasteiger partial charge in [0, 0.05) is 23.5 Å². The highest BCUT2D eigenvalue weighted by molar-refractivity contribution is 5.89. The van der Waals surface area contributed by atoms with Gasteiger partial charge in [0.2, 0.25) is 0 Å². The van der Waals surface area contributed by atoms with E-state index in [9.17, 15) is 9.90 Å². The van der Waals surface area contributed by atoms with Crippen molar-refractivity contribution < 1.29 is 9.90 Å². The Balaban J connectivity index is 1.92. The summed E-state index contributed by atoms with van der Waals surface area (Å²) in [5.74, 6) is 0.106. The van der Waals surface area contributed by atoms with Gasteiger partial charge in [0.05, 0.1) is 0 Å². The number of carbonyl (C=O) groups excluding carboxylic acids is 1. The van der Waals surface area contributed by atoms with E-state index in [1.54, 1.807) is 24.3 Å². The summed E-state index contributed by atoms with van der Waals surface area (Å²) in [6.45, 7) is 0.204. The van der Waals surface area contributed by atoms with Crippen molar-refractivity contribution in [1.29, 1.82) is 0 Å². The van der Waals surface area contributed by atoms with Gasteiger partial charge >= 0.3 is 6.03 Å². The van der Waals surface area contributed by atoms with Gasteiger partial charge in [-0.15, -0.1) is 0 Å². The first-order valence-electron chi connectivity index (χ1n) is 5.82. The molecule has 0 atom stereocenters. The van der Waals surface area contributed by atoms with Gasteiger partial charge in [-0.05, 0) is 30.3 Å². The number of para-hydroxylation sites is 1. The number of rotatable bonds is 3. The lowest BCUT2D eigenvalue weighted by molar-refractivity contribution is 0.251. The summed E-state index contributed by atoms with van der Waals surface area (Å²) in [5.41, 5.74) is 7.44. The van der Waals surface area contributed by atoms with Crippen LogP contribution in [0.1, 0.15) is 5.56 Å². The average Bonchev–Trinajstić information content (AvgIpc) is 2.41. The molecular formula is C14H15N3O2. The predicted molar refractivity (Wildman–Crippen MR) is 74.8 cm³/mol. The molecule has 0 aliphatic heterocycles. The van der Waals surface area contributed by atoms with E-state index >= 15 is 0 Å². The molecule has 2 aromatic carbocycles. The van der Waals surface area contributed by atoms with Gasteiger partial charge in [-0.25, -0.2) is 4.79 Å². The van der Waals surface area contributed by atoms with Gasteiger partial charge < -0.3 is 21.5 Å². The van der Waals surface area contributed by atoms with E-state index in [1.807, 2.05) is 18.2 Å². The Labute approximate surface area is 111 Å². The zero-order valence-electron chi connectivity index (χ0n) is 10.3. The largest absolute Gasteiger partial charge is 0.508 e.